The number of hydrogen-bond acceptors (Lipinski definition) is 3. The Hall–Kier alpha value is -0.610. The summed E-state index contributed by atoms with van der Waals surface area (Å²) in [5.74, 6) is -0.856. The fourth-order valence-corrected chi connectivity index (χ4v) is 0.290. The summed E-state index contributed by atoms with van der Waals surface area (Å²) < 4.78 is 0. The summed E-state index contributed by atoms with van der Waals surface area (Å²) in [4.78, 5) is 9.79. The molecule has 0 radical (unpaired) electrons. The van der Waals surface area contributed by atoms with E-state index < -0.39 is 12.1 Å². The minimum absolute atomic E-state index is 0. The molecule has 0 amide bonds. The molecule has 0 aliphatic carbocycles. The van der Waals surface area contributed by atoms with Gasteiger partial charge >= 0.3 is 5.97 Å². The van der Waals surface area contributed by atoms with E-state index in [2.05, 4.69) is 0 Å². The van der Waals surface area contributed by atoms with Crippen molar-refractivity contribution >= 4 is 5.97 Å². The van der Waals surface area contributed by atoms with Crippen molar-refractivity contribution in [3.05, 3.63) is 0 Å². The van der Waals surface area contributed by atoms with E-state index in [-0.39, 0.29) is 13.8 Å². The van der Waals surface area contributed by atoms with Crippen molar-refractivity contribution in [3.63, 3.8) is 0 Å². The normalized spacial score (nSPS) is 8.78. The smallest absolute Gasteiger partial charge is 0.303 e. The van der Waals surface area contributed by atoms with Crippen LogP contribution in [0.1, 0.15) is 20.3 Å². The summed E-state index contributed by atoms with van der Waals surface area (Å²) in [6, 6.07) is 0. The molecule has 0 aliphatic heterocycles. The fourth-order valence-electron chi connectivity index (χ4n) is 0.290. The Morgan fingerprint density at radius 3 is 2.11 bits per heavy atom. The zero-order valence-corrected chi connectivity index (χ0v) is 4.50. The van der Waals surface area contributed by atoms with Crippen LogP contribution in [0.4, 0.5) is 0 Å². The molecule has 0 fully saturated rings. The minimum atomic E-state index is -0.856. The van der Waals surface area contributed by atoms with E-state index in [1.165, 1.54) is 0 Å². The second kappa shape index (κ2) is 5.53. The maximum atomic E-state index is 9.79. The van der Waals surface area contributed by atoms with Crippen molar-refractivity contribution in [3.8, 4) is 0 Å². The Kier molecular flexibility index (Phi) is 6.89. The molecule has 0 aromatic carbocycles. The SMILES string of the molecule is C.NC(N)CCC(=O)O. The van der Waals surface area contributed by atoms with Crippen molar-refractivity contribution in [1.82, 2.24) is 0 Å². The van der Waals surface area contributed by atoms with Gasteiger partial charge in [0.1, 0.15) is 0 Å². The standard InChI is InChI=1S/C4H10N2O2.CH4/c5-3(6)1-2-4(7)8;/h3H,1-2,5-6H2,(H,7,8);1H4. The van der Waals surface area contributed by atoms with Gasteiger partial charge in [-0.2, -0.15) is 0 Å². The Morgan fingerprint density at radius 2 is 2.00 bits per heavy atom. The average Bonchev–Trinajstić information content (AvgIpc) is 1.61. The maximum absolute atomic E-state index is 9.79. The zero-order valence-electron chi connectivity index (χ0n) is 4.50. The monoisotopic (exact) mass is 134 g/mol. The van der Waals surface area contributed by atoms with E-state index in [0.29, 0.717) is 6.42 Å². The van der Waals surface area contributed by atoms with Crippen LogP contribution in [0, 0.1) is 0 Å². The van der Waals surface area contributed by atoms with E-state index in [1.54, 1.807) is 0 Å². The molecule has 0 atom stereocenters. The number of carbonyl (C=O) groups is 1. The molecule has 4 nitrogen and oxygen atoms in total. The molecule has 0 aromatic rings. The van der Waals surface area contributed by atoms with Crippen LogP contribution >= 0.6 is 0 Å². The van der Waals surface area contributed by atoms with Gasteiger partial charge in [-0.15, -0.1) is 0 Å². The highest BCUT2D eigenvalue weighted by Gasteiger charge is 1.98. The Morgan fingerprint density at radius 1 is 1.56 bits per heavy atom. The van der Waals surface area contributed by atoms with Crippen molar-refractivity contribution < 1.29 is 9.90 Å². The third-order valence-corrected chi connectivity index (χ3v) is 0.692. The van der Waals surface area contributed by atoms with Crippen LogP contribution in [-0.2, 0) is 4.79 Å². The van der Waals surface area contributed by atoms with Crippen molar-refractivity contribution in [2.75, 3.05) is 0 Å². The van der Waals surface area contributed by atoms with Crippen molar-refractivity contribution in [2.45, 2.75) is 26.4 Å². The highest BCUT2D eigenvalue weighted by atomic mass is 16.4. The Bertz CT molecular complexity index is 83.0. The van der Waals surface area contributed by atoms with Crippen molar-refractivity contribution in [1.29, 1.82) is 0 Å². The van der Waals surface area contributed by atoms with Gasteiger partial charge in [0.05, 0.1) is 6.17 Å². The van der Waals surface area contributed by atoms with Gasteiger partial charge in [0, 0.05) is 6.42 Å². The molecule has 5 N–H and O–H groups in total. The molecular formula is C5H14N2O2. The highest BCUT2D eigenvalue weighted by molar-refractivity contribution is 5.66. The highest BCUT2D eigenvalue weighted by Crippen LogP contribution is 1.86. The lowest BCUT2D eigenvalue weighted by molar-refractivity contribution is -0.137. The van der Waals surface area contributed by atoms with Gasteiger partial charge in [0.15, 0.2) is 0 Å². The first-order valence-electron chi connectivity index (χ1n) is 2.36. The molecule has 4 heteroatoms. The lowest BCUT2D eigenvalue weighted by atomic mass is 10.3. The second-order valence-electron chi connectivity index (χ2n) is 1.60. The first-order chi connectivity index (χ1) is 3.63. The molecule has 0 heterocycles. The van der Waals surface area contributed by atoms with Crippen LogP contribution in [0.25, 0.3) is 0 Å². The summed E-state index contributed by atoms with van der Waals surface area (Å²) in [7, 11) is 0. The van der Waals surface area contributed by atoms with Gasteiger partial charge < -0.3 is 16.6 Å². The van der Waals surface area contributed by atoms with Gasteiger partial charge in [0.25, 0.3) is 0 Å². The molecule has 0 aliphatic rings. The number of rotatable bonds is 3. The molecule has 0 spiro atoms. The van der Waals surface area contributed by atoms with Crippen LogP contribution in [-0.4, -0.2) is 17.2 Å². The van der Waals surface area contributed by atoms with E-state index in [1.807, 2.05) is 0 Å². The van der Waals surface area contributed by atoms with Crippen molar-refractivity contribution in [2.24, 2.45) is 11.5 Å². The van der Waals surface area contributed by atoms with Gasteiger partial charge in [-0.05, 0) is 6.42 Å². The number of carboxylic acid groups (broad SMARTS) is 1. The third-order valence-electron chi connectivity index (χ3n) is 0.692. The molecule has 0 unspecified atom stereocenters. The summed E-state index contributed by atoms with van der Waals surface area (Å²) in [6.07, 6.45) is -0.0985. The molecule has 9 heavy (non-hydrogen) atoms. The molecule has 0 bridgehead atoms. The number of hydrogen-bond donors (Lipinski definition) is 3. The van der Waals surface area contributed by atoms with Crippen LogP contribution in [0.3, 0.4) is 0 Å². The topological polar surface area (TPSA) is 89.3 Å². The van der Waals surface area contributed by atoms with Crippen LogP contribution in [0.2, 0.25) is 0 Å². The predicted octanol–water partition coefficient (Wildman–Crippen LogP) is -0.269. The van der Waals surface area contributed by atoms with Crippen LogP contribution in [0.5, 0.6) is 0 Å². The van der Waals surface area contributed by atoms with E-state index in [4.69, 9.17) is 16.6 Å². The van der Waals surface area contributed by atoms with Gasteiger partial charge in [-0.1, -0.05) is 7.43 Å². The molecule has 0 rings (SSSR count). The number of nitrogens with two attached hydrogens (primary N) is 2. The number of carboxylic acids is 1. The number of aliphatic carboxylic acids is 1. The van der Waals surface area contributed by atoms with Crippen LogP contribution in [0.15, 0.2) is 0 Å². The maximum Gasteiger partial charge on any atom is 0.303 e. The van der Waals surface area contributed by atoms with Gasteiger partial charge in [-0.25, -0.2) is 0 Å². The fraction of sp³-hybridized carbons (Fsp3) is 0.800. The van der Waals surface area contributed by atoms with E-state index >= 15 is 0 Å². The lowest BCUT2D eigenvalue weighted by Gasteiger charge is -1.98. The Balaban J connectivity index is 0. The first-order valence-corrected chi connectivity index (χ1v) is 2.36. The molecule has 56 valence electrons. The summed E-state index contributed by atoms with van der Waals surface area (Å²) in [5, 5.41) is 8.05. The predicted molar refractivity (Wildman–Crippen MR) is 35.8 cm³/mol. The summed E-state index contributed by atoms with van der Waals surface area (Å²) in [6.45, 7) is 0. The van der Waals surface area contributed by atoms with Gasteiger partial charge in [0.2, 0.25) is 0 Å². The lowest BCUT2D eigenvalue weighted by Crippen LogP contribution is -2.30. The molecule has 0 saturated heterocycles. The third kappa shape index (κ3) is 11.1. The van der Waals surface area contributed by atoms with E-state index in [0.717, 1.165) is 0 Å². The minimum Gasteiger partial charge on any atom is -0.481 e. The summed E-state index contributed by atoms with van der Waals surface area (Å²) in [5.41, 5.74) is 10.1. The molecule has 0 saturated carbocycles. The Labute approximate surface area is 54.8 Å². The molecule has 0 aromatic heterocycles. The van der Waals surface area contributed by atoms with Crippen LogP contribution < -0.4 is 11.5 Å². The zero-order chi connectivity index (χ0) is 6.57. The average molecular weight is 134 g/mol. The quantitative estimate of drug-likeness (QED) is 0.463. The van der Waals surface area contributed by atoms with E-state index in [9.17, 15) is 4.79 Å². The van der Waals surface area contributed by atoms with Gasteiger partial charge in [-0.3, -0.25) is 4.79 Å². The largest absolute Gasteiger partial charge is 0.481 e. The molecular weight excluding hydrogens is 120 g/mol. The first kappa shape index (κ1) is 11.2. The second-order valence-corrected chi connectivity index (χ2v) is 1.60. The summed E-state index contributed by atoms with van der Waals surface area (Å²) >= 11 is 0.